The summed E-state index contributed by atoms with van der Waals surface area (Å²) in [5.41, 5.74) is 2.90. The molecule has 1 aliphatic rings. The van der Waals surface area contributed by atoms with Crippen molar-refractivity contribution >= 4 is 39.4 Å². The maximum Gasteiger partial charge on any atom is 0.229 e. The normalized spacial score (nSPS) is 13.5. The molecule has 0 radical (unpaired) electrons. The van der Waals surface area contributed by atoms with Crippen LogP contribution in [-0.4, -0.2) is 43.1 Å². The molecule has 1 aliphatic carbocycles. The first kappa shape index (κ1) is 18.4. The van der Waals surface area contributed by atoms with Crippen LogP contribution in [0.15, 0.2) is 47.4 Å². The second kappa shape index (κ2) is 7.12. The van der Waals surface area contributed by atoms with E-state index in [1.807, 2.05) is 24.3 Å². The van der Waals surface area contributed by atoms with E-state index in [0.717, 1.165) is 29.2 Å². The van der Waals surface area contributed by atoms with Gasteiger partial charge in [0.25, 0.3) is 0 Å². The zero-order chi connectivity index (χ0) is 21.7. The van der Waals surface area contributed by atoms with Crippen molar-refractivity contribution in [2.24, 2.45) is 5.92 Å². The van der Waals surface area contributed by atoms with E-state index in [1.165, 1.54) is 6.33 Å². The highest BCUT2D eigenvalue weighted by molar-refractivity contribution is 6.03. The Balaban J connectivity index is 1.46. The van der Waals surface area contributed by atoms with Crippen LogP contribution < -0.4 is 10.6 Å². The van der Waals surface area contributed by atoms with E-state index >= 15 is 0 Å². The average molecular weight is 426 g/mol. The molecule has 0 saturated heterocycles. The fourth-order valence-corrected chi connectivity index (χ4v) is 3.68. The van der Waals surface area contributed by atoms with Gasteiger partial charge in [0.15, 0.2) is 11.4 Å². The number of hydrogen-bond donors (Lipinski definition) is 3. The molecule has 10 heteroatoms. The van der Waals surface area contributed by atoms with E-state index < -0.39 is 0 Å². The molecule has 0 bridgehead atoms. The zero-order valence-electron chi connectivity index (χ0n) is 17.1. The van der Waals surface area contributed by atoms with Gasteiger partial charge in [0.2, 0.25) is 11.8 Å². The molecule has 32 heavy (non-hydrogen) atoms. The van der Waals surface area contributed by atoms with Crippen LogP contribution in [0, 0.1) is 5.92 Å². The van der Waals surface area contributed by atoms with E-state index in [4.69, 9.17) is 9.40 Å². The second-order valence-corrected chi connectivity index (χ2v) is 7.68. The summed E-state index contributed by atoms with van der Waals surface area (Å²) in [7, 11) is 1.80. The number of H-pyrrole nitrogens is 1. The van der Waals surface area contributed by atoms with Crippen LogP contribution >= 0.6 is 0 Å². The number of nitrogens with one attached hydrogen (secondary N) is 3. The predicted molar refractivity (Wildman–Crippen MR) is 119 cm³/mol. The number of pyridine rings is 2. The molecular weight excluding hydrogens is 408 g/mol. The lowest BCUT2D eigenvalue weighted by Crippen LogP contribution is -2.14. The van der Waals surface area contributed by atoms with Gasteiger partial charge in [0.1, 0.15) is 23.5 Å². The maximum absolute atomic E-state index is 12.2. The molecule has 10 nitrogen and oxygen atoms in total. The Morgan fingerprint density at radius 3 is 2.81 bits per heavy atom. The Bertz CT molecular complexity index is 1470. The summed E-state index contributed by atoms with van der Waals surface area (Å²) in [5.74, 6) is 2.35. The molecule has 0 atom stereocenters. The third kappa shape index (κ3) is 3.13. The van der Waals surface area contributed by atoms with Gasteiger partial charge < -0.3 is 15.1 Å². The Hall–Kier alpha value is -4.34. The molecule has 0 spiro atoms. The number of oxazole rings is 1. The van der Waals surface area contributed by atoms with E-state index in [-0.39, 0.29) is 11.8 Å². The molecule has 1 fully saturated rings. The third-order valence-corrected chi connectivity index (χ3v) is 5.51. The largest absolute Gasteiger partial charge is 0.436 e. The standard InChI is InChI=1S/C22H18N8O2/c1-23-20-14-8-24-18(29-21(31)11-2-3-11)7-13(14)15(9-25-20)22-28-16-6-12(4-5-17(16)32-22)19-26-10-27-30-19/h4-11H,2-3H2,1H3,(H,23,25)(H,24,29,31)(H,26,27,30). The van der Waals surface area contributed by atoms with Crippen molar-refractivity contribution in [1.82, 2.24) is 30.1 Å². The summed E-state index contributed by atoms with van der Waals surface area (Å²) >= 11 is 0. The van der Waals surface area contributed by atoms with Gasteiger partial charge in [-0.05, 0) is 37.1 Å². The molecule has 0 aliphatic heterocycles. The number of carbonyl (C=O) groups is 1. The smallest absolute Gasteiger partial charge is 0.229 e. The summed E-state index contributed by atoms with van der Waals surface area (Å²) in [6.07, 6.45) is 6.73. The van der Waals surface area contributed by atoms with Crippen molar-refractivity contribution < 1.29 is 9.21 Å². The molecule has 0 unspecified atom stereocenters. The first-order valence-corrected chi connectivity index (χ1v) is 10.2. The zero-order valence-corrected chi connectivity index (χ0v) is 17.1. The lowest BCUT2D eigenvalue weighted by molar-refractivity contribution is -0.117. The fourth-order valence-electron chi connectivity index (χ4n) is 3.68. The molecule has 5 aromatic rings. The molecule has 4 heterocycles. The van der Waals surface area contributed by atoms with Gasteiger partial charge >= 0.3 is 0 Å². The van der Waals surface area contributed by atoms with Crippen molar-refractivity contribution in [3.8, 4) is 22.8 Å². The highest BCUT2D eigenvalue weighted by Gasteiger charge is 2.30. The molecule has 6 rings (SSSR count). The number of aromatic nitrogens is 6. The summed E-state index contributed by atoms with van der Waals surface area (Å²) in [6.45, 7) is 0. The Kier molecular flexibility index (Phi) is 4.10. The van der Waals surface area contributed by atoms with E-state index in [1.54, 1.807) is 19.4 Å². The Labute approximate surface area is 181 Å². The number of aromatic amines is 1. The summed E-state index contributed by atoms with van der Waals surface area (Å²) in [6, 6.07) is 7.48. The molecule has 3 N–H and O–H groups in total. The van der Waals surface area contributed by atoms with Gasteiger partial charge in [-0.1, -0.05) is 0 Å². The number of carbonyl (C=O) groups excluding carboxylic acids is 1. The number of anilines is 2. The molecule has 4 aromatic heterocycles. The monoisotopic (exact) mass is 426 g/mol. The maximum atomic E-state index is 12.2. The average Bonchev–Trinajstić information content (AvgIpc) is 3.36. The minimum Gasteiger partial charge on any atom is -0.436 e. The summed E-state index contributed by atoms with van der Waals surface area (Å²) < 4.78 is 6.05. The van der Waals surface area contributed by atoms with Crippen LogP contribution in [-0.2, 0) is 4.79 Å². The lowest BCUT2D eigenvalue weighted by atomic mass is 10.1. The van der Waals surface area contributed by atoms with Gasteiger partial charge in [-0.2, -0.15) is 5.10 Å². The van der Waals surface area contributed by atoms with Gasteiger partial charge in [-0.25, -0.2) is 19.9 Å². The molecule has 158 valence electrons. The van der Waals surface area contributed by atoms with Crippen molar-refractivity contribution in [3.63, 3.8) is 0 Å². The first-order valence-electron chi connectivity index (χ1n) is 10.2. The molecule has 1 saturated carbocycles. The number of benzene rings is 1. The van der Waals surface area contributed by atoms with Crippen molar-refractivity contribution in [2.75, 3.05) is 17.7 Å². The van der Waals surface area contributed by atoms with Crippen LogP contribution in [0.25, 0.3) is 44.7 Å². The fraction of sp³-hybridized carbons (Fsp3) is 0.182. The third-order valence-electron chi connectivity index (χ3n) is 5.51. The number of fused-ring (bicyclic) bond motifs is 2. The van der Waals surface area contributed by atoms with Gasteiger partial charge in [-0.3, -0.25) is 9.89 Å². The first-order chi connectivity index (χ1) is 15.7. The van der Waals surface area contributed by atoms with Crippen LogP contribution in [0.1, 0.15) is 12.8 Å². The minimum absolute atomic E-state index is 0.00287. The Morgan fingerprint density at radius 1 is 1.12 bits per heavy atom. The quantitative estimate of drug-likeness (QED) is 0.388. The van der Waals surface area contributed by atoms with Gasteiger partial charge in [-0.15, -0.1) is 0 Å². The number of rotatable bonds is 5. The number of amides is 1. The van der Waals surface area contributed by atoms with Gasteiger partial charge in [0, 0.05) is 41.7 Å². The van der Waals surface area contributed by atoms with Crippen LogP contribution in [0.2, 0.25) is 0 Å². The van der Waals surface area contributed by atoms with Crippen LogP contribution in [0.4, 0.5) is 11.6 Å². The molecular formula is C22H18N8O2. The SMILES string of the molecule is CNc1ncc(-c2nc3cc(-c4ncn[nH]4)ccc3o2)c2cc(NC(=O)C3CC3)ncc12. The summed E-state index contributed by atoms with van der Waals surface area (Å²) in [5, 5.41) is 14.4. The van der Waals surface area contributed by atoms with E-state index in [0.29, 0.717) is 40.0 Å². The van der Waals surface area contributed by atoms with Crippen molar-refractivity contribution in [1.29, 1.82) is 0 Å². The van der Waals surface area contributed by atoms with Crippen molar-refractivity contribution in [2.45, 2.75) is 12.8 Å². The highest BCUT2D eigenvalue weighted by Crippen LogP contribution is 2.35. The summed E-state index contributed by atoms with van der Waals surface area (Å²) in [4.78, 5) is 30.0. The van der Waals surface area contributed by atoms with E-state index in [2.05, 4.69) is 35.8 Å². The van der Waals surface area contributed by atoms with Crippen LogP contribution in [0.3, 0.4) is 0 Å². The predicted octanol–water partition coefficient (Wildman–Crippen LogP) is 3.61. The number of nitrogens with zero attached hydrogens (tertiary/aromatic N) is 5. The highest BCUT2D eigenvalue weighted by atomic mass is 16.3. The second-order valence-electron chi connectivity index (χ2n) is 7.68. The van der Waals surface area contributed by atoms with Crippen molar-refractivity contribution in [3.05, 3.63) is 43.0 Å². The topological polar surface area (TPSA) is 135 Å². The molecule has 1 aromatic carbocycles. The van der Waals surface area contributed by atoms with Gasteiger partial charge in [0.05, 0.1) is 5.56 Å². The molecule has 1 amide bonds. The van der Waals surface area contributed by atoms with E-state index in [9.17, 15) is 4.79 Å². The minimum atomic E-state index is 0.00287. The Morgan fingerprint density at radius 2 is 2.03 bits per heavy atom. The number of hydrogen-bond acceptors (Lipinski definition) is 8. The lowest BCUT2D eigenvalue weighted by Gasteiger charge is -2.10. The van der Waals surface area contributed by atoms with Crippen LogP contribution in [0.5, 0.6) is 0 Å².